The Bertz CT molecular complexity index is 503. The van der Waals surface area contributed by atoms with Gasteiger partial charge in [0, 0.05) is 19.5 Å². The highest BCUT2D eigenvalue weighted by Crippen LogP contribution is 2.19. The van der Waals surface area contributed by atoms with Crippen molar-refractivity contribution >= 4 is 11.9 Å². The number of benzene rings is 1. The molecule has 126 valence electrons. The van der Waals surface area contributed by atoms with Crippen molar-refractivity contribution in [2.24, 2.45) is 5.92 Å². The number of piperidine rings is 1. The molecule has 0 spiro atoms. The fourth-order valence-corrected chi connectivity index (χ4v) is 2.74. The predicted octanol–water partition coefficient (Wildman–Crippen LogP) is 2.65. The molecule has 0 aliphatic carbocycles. The first-order valence-electron chi connectivity index (χ1n) is 8.33. The van der Waals surface area contributed by atoms with Crippen molar-refractivity contribution in [3.63, 3.8) is 0 Å². The fourth-order valence-electron chi connectivity index (χ4n) is 2.74. The average Bonchev–Trinajstić information content (AvgIpc) is 2.60. The van der Waals surface area contributed by atoms with Gasteiger partial charge in [0.2, 0.25) is 5.91 Å². The summed E-state index contributed by atoms with van der Waals surface area (Å²) in [5.41, 5.74) is 0. The normalized spacial score (nSPS) is 17.6. The molecular weight excluding hydrogens is 294 g/mol. The van der Waals surface area contributed by atoms with Crippen LogP contribution in [-0.2, 0) is 14.3 Å². The Labute approximate surface area is 137 Å². The number of hydrogen-bond acceptors (Lipinski definition) is 4. The van der Waals surface area contributed by atoms with Gasteiger partial charge in [-0.15, -0.1) is 0 Å². The van der Waals surface area contributed by atoms with E-state index in [1.54, 1.807) is 11.8 Å². The molecule has 1 heterocycles. The molecule has 0 N–H and O–H groups in total. The summed E-state index contributed by atoms with van der Waals surface area (Å²) in [4.78, 5) is 25.8. The van der Waals surface area contributed by atoms with Gasteiger partial charge in [0.1, 0.15) is 5.75 Å². The van der Waals surface area contributed by atoms with Gasteiger partial charge in [-0.25, -0.2) is 0 Å². The van der Waals surface area contributed by atoms with Crippen molar-refractivity contribution in [3.8, 4) is 5.75 Å². The molecule has 0 aromatic heterocycles. The Balaban J connectivity index is 1.69. The lowest BCUT2D eigenvalue weighted by Crippen LogP contribution is -2.42. The van der Waals surface area contributed by atoms with Crippen LogP contribution in [0.5, 0.6) is 5.75 Å². The molecule has 5 heteroatoms. The lowest BCUT2D eigenvalue weighted by atomic mass is 9.98. The van der Waals surface area contributed by atoms with Crippen LogP contribution < -0.4 is 4.74 Å². The summed E-state index contributed by atoms with van der Waals surface area (Å²) in [6.45, 7) is 3.92. The van der Waals surface area contributed by atoms with Crippen LogP contribution >= 0.6 is 0 Å². The van der Waals surface area contributed by atoms with E-state index in [-0.39, 0.29) is 17.8 Å². The van der Waals surface area contributed by atoms with Crippen molar-refractivity contribution in [3.05, 3.63) is 30.3 Å². The van der Waals surface area contributed by atoms with Gasteiger partial charge in [-0.05, 0) is 38.3 Å². The predicted molar refractivity (Wildman–Crippen MR) is 87.1 cm³/mol. The highest BCUT2D eigenvalue weighted by molar-refractivity contribution is 5.78. The van der Waals surface area contributed by atoms with E-state index in [2.05, 4.69) is 0 Å². The standard InChI is InChI=1S/C18H25NO4/c1-2-22-18(21)15-8-6-12-19(14-15)17(20)11-7-13-23-16-9-4-3-5-10-16/h3-5,9-10,15H,2,6-8,11-14H2,1H3/t15-/m1/s1. The minimum absolute atomic E-state index is 0.0932. The smallest absolute Gasteiger partial charge is 0.310 e. The second kappa shape index (κ2) is 9.18. The van der Waals surface area contributed by atoms with Crippen LogP contribution in [0.4, 0.5) is 0 Å². The van der Waals surface area contributed by atoms with Gasteiger partial charge in [0.05, 0.1) is 19.1 Å². The zero-order valence-electron chi connectivity index (χ0n) is 13.7. The lowest BCUT2D eigenvalue weighted by Gasteiger charge is -2.31. The van der Waals surface area contributed by atoms with E-state index in [4.69, 9.17) is 9.47 Å². The SMILES string of the molecule is CCOC(=O)[C@@H]1CCCN(C(=O)CCCOc2ccccc2)C1. The Kier molecular flexibility index (Phi) is 6.91. The van der Waals surface area contributed by atoms with Gasteiger partial charge >= 0.3 is 5.97 Å². The van der Waals surface area contributed by atoms with Crippen LogP contribution in [0, 0.1) is 5.92 Å². The van der Waals surface area contributed by atoms with Crippen molar-refractivity contribution in [1.82, 2.24) is 4.90 Å². The summed E-state index contributed by atoms with van der Waals surface area (Å²) >= 11 is 0. The second-order valence-corrected chi connectivity index (χ2v) is 5.70. The zero-order chi connectivity index (χ0) is 16.5. The molecule has 1 saturated heterocycles. The lowest BCUT2D eigenvalue weighted by molar-refractivity contribution is -0.151. The molecule has 0 unspecified atom stereocenters. The van der Waals surface area contributed by atoms with Gasteiger partial charge in [-0.1, -0.05) is 18.2 Å². The van der Waals surface area contributed by atoms with Crippen LogP contribution in [0.2, 0.25) is 0 Å². The number of para-hydroxylation sites is 1. The second-order valence-electron chi connectivity index (χ2n) is 5.70. The first-order chi connectivity index (χ1) is 11.2. The quantitative estimate of drug-likeness (QED) is 0.573. The summed E-state index contributed by atoms with van der Waals surface area (Å²) in [7, 11) is 0. The molecule has 1 aromatic rings. The van der Waals surface area contributed by atoms with Crippen LogP contribution in [0.3, 0.4) is 0 Å². The number of hydrogen-bond donors (Lipinski definition) is 0. The molecule has 1 aliphatic rings. The van der Waals surface area contributed by atoms with Gasteiger partial charge in [0.25, 0.3) is 0 Å². The Morgan fingerprint density at radius 2 is 2.04 bits per heavy atom. The Morgan fingerprint density at radius 1 is 1.26 bits per heavy atom. The van der Waals surface area contributed by atoms with E-state index in [0.29, 0.717) is 32.6 Å². The zero-order valence-corrected chi connectivity index (χ0v) is 13.7. The minimum Gasteiger partial charge on any atom is -0.494 e. The largest absolute Gasteiger partial charge is 0.494 e. The van der Waals surface area contributed by atoms with Crippen molar-refractivity contribution in [2.45, 2.75) is 32.6 Å². The number of likely N-dealkylation sites (tertiary alicyclic amines) is 1. The summed E-state index contributed by atoms with van der Waals surface area (Å²) in [6.07, 6.45) is 2.78. The molecule has 23 heavy (non-hydrogen) atoms. The molecule has 1 amide bonds. The van der Waals surface area contributed by atoms with E-state index in [1.807, 2.05) is 30.3 Å². The molecule has 1 aromatic carbocycles. The van der Waals surface area contributed by atoms with Gasteiger partial charge in [-0.3, -0.25) is 9.59 Å². The number of nitrogens with zero attached hydrogens (tertiary/aromatic N) is 1. The minimum atomic E-state index is -0.183. The number of carbonyl (C=O) groups excluding carboxylic acids is 2. The van der Waals surface area contributed by atoms with Crippen molar-refractivity contribution in [2.75, 3.05) is 26.3 Å². The molecule has 0 saturated carbocycles. The van der Waals surface area contributed by atoms with Crippen LogP contribution in [-0.4, -0.2) is 43.1 Å². The molecule has 2 rings (SSSR count). The molecule has 1 atom stereocenters. The van der Waals surface area contributed by atoms with E-state index in [0.717, 1.165) is 25.1 Å². The topological polar surface area (TPSA) is 55.8 Å². The molecular formula is C18H25NO4. The molecule has 0 radical (unpaired) electrons. The summed E-state index contributed by atoms with van der Waals surface area (Å²) in [6, 6.07) is 9.58. The average molecular weight is 319 g/mol. The third kappa shape index (κ3) is 5.58. The number of ether oxygens (including phenoxy) is 2. The van der Waals surface area contributed by atoms with E-state index in [1.165, 1.54) is 0 Å². The third-order valence-electron chi connectivity index (χ3n) is 3.94. The Hall–Kier alpha value is -2.04. The fraction of sp³-hybridized carbons (Fsp3) is 0.556. The van der Waals surface area contributed by atoms with E-state index < -0.39 is 0 Å². The third-order valence-corrected chi connectivity index (χ3v) is 3.94. The van der Waals surface area contributed by atoms with Gasteiger partial charge < -0.3 is 14.4 Å². The number of esters is 1. The number of amides is 1. The monoisotopic (exact) mass is 319 g/mol. The molecule has 1 fully saturated rings. The van der Waals surface area contributed by atoms with Gasteiger partial charge in [0.15, 0.2) is 0 Å². The van der Waals surface area contributed by atoms with E-state index in [9.17, 15) is 9.59 Å². The Morgan fingerprint density at radius 3 is 2.78 bits per heavy atom. The van der Waals surface area contributed by atoms with Crippen molar-refractivity contribution in [1.29, 1.82) is 0 Å². The maximum Gasteiger partial charge on any atom is 0.310 e. The number of carbonyl (C=O) groups is 2. The molecule has 0 bridgehead atoms. The number of rotatable bonds is 7. The van der Waals surface area contributed by atoms with Crippen LogP contribution in [0.1, 0.15) is 32.6 Å². The first kappa shape index (κ1) is 17.3. The summed E-state index contributed by atoms with van der Waals surface area (Å²) in [5.74, 6) is 0.557. The van der Waals surface area contributed by atoms with Crippen LogP contribution in [0.25, 0.3) is 0 Å². The summed E-state index contributed by atoms with van der Waals surface area (Å²) in [5, 5.41) is 0. The highest BCUT2D eigenvalue weighted by Gasteiger charge is 2.28. The molecule has 5 nitrogen and oxygen atoms in total. The van der Waals surface area contributed by atoms with E-state index >= 15 is 0 Å². The van der Waals surface area contributed by atoms with Crippen LogP contribution in [0.15, 0.2) is 30.3 Å². The maximum absolute atomic E-state index is 12.3. The first-order valence-corrected chi connectivity index (χ1v) is 8.33. The highest BCUT2D eigenvalue weighted by atomic mass is 16.5. The molecule has 1 aliphatic heterocycles. The maximum atomic E-state index is 12.3. The van der Waals surface area contributed by atoms with Gasteiger partial charge in [-0.2, -0.15) is 0 Å². The van der Waals surface area contributed by atoms with Crippen molar-refractivity contribution < 1.29 is 19.1 Å². The summed E-state index contributed by atoms with van der Waals surface area (Å²) < 4.78 is 10.7.